The van der Waals surface area contributed by atoms with Gasteiger partial charge >= 0.3 is 5.97 Å². The average Bonchev–Trinajstić information content (AvgIpc) is 2.68. The van der Waals surface area contributed by atoms with Gasteiger partial charge in [0.25, 0.3) is 0 Å². The second kappa shape index (κ2) is 9.14. The number of hydrogen-bond donors (Lipinski definition) is 3. The maximum Gasteiger partial charge on any atom is 0.309 e. The van der Waals surface area contributed by atoms with Crippen LogP contribution in [0.5, 0.6) is 17.2 Å². The van der Waals surface area contributed by atoms with Crippen molar-refractivity contribution in [3.63, 3.8) is 0 Å². The SMILES string of the molecule is COC(=O)C(Cc1ccc(N)c(OC)c1)CC(N)c1ccc(O)c(OC)c1. The van der Waals surface area contributed by atoms with Crippen molar-refractivity contribution >= 4 is 11.7 Å². The Bertz CT molecular complexity index is 794. The Labute approximate surface area is 158 Å². The Hall–Kier alpha value is -2.93. The summed E-state index contributed by atoms with van der Waals surface area (Å²) in [6, 6.07) is 9.87. The highest BCUT2D eigenvalue weighted by Gasteiger charge is 2.24. The number of hydrogen-bond acceptors (Lipinski definition) is 7. The summed E-state index contributed by atoms with van der Waals surface area (Å²) >= 11 is 0. The normalized spacial score (nSPS) is 12.9. The van der Waals surface area contributed by atoms with Crippen molar-refractivity contribution in [1.82, 2.24) is 0 Å². The number of phenols is 1. The van der Waals surface area contributed by atoms with E-state index >= 15 is 0 Å². The smallest absolute Gasteiger partial charge is 0.309 e. The molecule has 0 heterocycles. The summed E-state index contributed by atoms with van der Waals surface area (Å²) in [5.41, 5.74) is 14.3. The largest absolute Gasteiger partial charge is 0.504 e. The molecule has 0 aliphatic heterocycles. The summed E-state index contributed by atoms with van der Waals surface area (Å²) in [4.78, 5) is 12.3. The van der Waals surface area contributed by atoms with E-state index in [1.54, 1.807) is 31.4 Å². The predicted octanol–water partition coefficient (Wildman–Crippen LogP) is 2.41. The average molecular weight is 374 g/mol. The number of carbonyl (C=O) groups is 1. The molecule has 146 valence electrons. The summed E-state index contributed by atoms with van der Waals surface area (Å²) in [6.45, 7) is 0. The molecule has 0 aliphatic carbocycles. The lowest BCUT2D eigenvalue weighted by atomic mass is 9.90. The standard InChI is InChI=1S/C20H26N2O5/c1-25-18-9-12(4-6-15(18)21)8-14(20(24)27-3)10-16(22)13-5-7-17(23)19(11-13)26-2/h4-7,9,11,14,16,23H,8,10,21-22H2,1-3H3. The van der Waals surface area contributed by atoms with Crippen molar-refractivity contribution in [1.29, 1.82) is 0 Å². The van der Waals surface area contributed by atoms with Gasteiger partial charge in [-0.2, -0.15) is 0 Å². The van der Waals surface area contributed by atoms with Crippen LogP contribution in [0, 0.1) is 5.92 Å². The Kier molecular flexibility index (Phi) is 6.90. The summed E-state index contributed by atoms with van der Waals surface area (Å²) in [7, 11) is 4.37. The zero-order valence-corrected chi connectivity index (χ0v) is 15.8. The van der Waals surface area contributed by atoms with Crippen LogP contribution in [0.4, 0.5) is 5.69 Å². The Morgan fingerprint density at radius 3 is 2.41 bits per heavy atom. The number of esters is 1. The number of nitrogen functional groups attached to an aromatic ring is 1. The fraction of sp³-hybridized carbons (Fsp3) is 0.350. The van der Waals surface area contributed by atoms with Crippen LogP contribution >= 0.6 is 0 Å². The lowest BCUT2D eigenvalue weighted by Gasteiger charge is -2.20. The van der Waals surface area contributed by atoms with E-state index in [9.17, 15) is 9.90 Å². The third-order valence-electron chi connectivity index (χ3n) is 4.48. The number of rotatable bonds is 8. The van der Waals surface area contributed by atoms with E-state index in [-0.39, 0.29) is 11.7 Å². The van der Waals surface area contributed by atoms with Crippen LogP contribution in [-0.2, 0) is 16.0 Å². The molecule has 7 nitrogen and oxygen atoms in total. The van der Waals surface area contributed by atoms with Gasteiger partial charge in [-0.05, 0) is 48.2 Å². The molecule has 0 bridgehead atoms. The number of ether oxygens (including phenoxy) is 3. The van der Waals surface area contributed by atoms with E-state index in [1.165, 1.54) is 20.3 Å². The zero-order chi connectivity index (χ0) is 20.0. The van der Waals surface area contributed by atoms with Crippen molar-refractivity contribution in [3.8, 4) is 17.2 Å². The second-order valence-corrected chi connectivity index (χ2v) is 6.27. The van der Waals surface area contributed by atoms with E-state index in [2.05, 4.69) is 0 Å². The number of anilines is 1. The minimum atomic E-state index is -0.446. The first-order valence-electron chi connectivity index (χ1n) is 8.52. The van der Waals surface area contributed by atoms with Crippen LogP contribution in [0.15, 0.2) is 36.4 Å². The summed E-state index contributed by atoms with van der Waals surface area (Å²) < 4.78 is 15.3. The first kappa shape index (κ1) is 20.4. The van der Waals surface area contributed by atoms with Gasteiger partial charge in [0.15, 0.2) is 11.5 Å². The van der Waals surface area contributed by atoms with Gasteiger partial charge in [-0.1, -0.05) is 12.1 Å². The lowest BCUT2D eigenvalue weighted by molar-refractivity contribution is -0.145. The van der Waals surface area contributed by atoms with Crippen molar-refractivity contribution in [3.05, 3.63) is 47.5 Å². The Balaban J connectivity index is 2.20. The van der Waals surface area contributed by atoms with Crippen LogP contribution in [0.1, 0.15) is 23.6 Å². The molecule has 0 saturated carbocycles. The molecular weight excluding hydrogens is 348 g/mol. The minimum Gasteiger partial charge on any atom is -0.504 e. The third kappa shape index (κ3) is 5.04. The maximum atomic E-state index is 12.3. The molecule has 0 radical (unpaired) electrons. The van der Waals surface area contributed by atoms with Gasteiger partial charge in [-0.25, -0.2) is 0 Å². The molecule has 2 aromatic rings. The molecule has 2 rings (SSSR count). The van der Waals surface area contributed by atoms with Crippen molar-refractivity contribution in [2.24, 2.45) is 11.7 Å². The third-order valence-corrected chi connectivity index (χ3v) is 4.48. The van der Waals surface area contributed by atoms with Gasteiger partial charge in [0, 0.05) is 6.04 Å². The van der Waals surface area contributed by atoms with E-state index in [0.29, 0.717) is 30.0 Å². The number of phenolic OH excluding ortho intramolecular Hbond substituents is 1. The molecule has 0 fully saturated rings. The molecule has 0 saturated heterocycles. The highest BCUT2D eigenvalue weighted by Crippen LogP contribution is 2.31. The zero-order valence-electron chi connectivity index (χ0n) is 15.8. The highest BCUT2D eigenvalue weighted by atomic mass is 16.5. The van der Waals surface area contributed by atoms with Gasteiger partial charge < -0.3 is 30.8 Å². The van der Waals surface area contributed by atoms with Crippen LogP contribution in [0.3, 0.4) is 0 Å². The number of nitrogens with two attached hydrogens (primary N) is 2. The van der Waals surface area contributed by atoms with Crippen molar-refractivity contribution < 1.29 is 24.1 Å². The van der Waals surface area contributed by atoms with Gasteiger partial charge in [0.05, 0.1) is 32.9 Å². The van der Waals surface area contributed by atoms with E-state index in [1.807, 2.05) is 6.07 Å². The maximum absolute atomic E-state index is 12.3. The van der Waals surface area contributed by atoms with Crippen LogP contribution in [0.2, 0.25) is 0 Å². The molecule has 2 atom stereocenters. The summed E-state index contributed by atoms with van der Waals surface area (Å²) in [5, 5.41) is 9.73. The highest BCUT2D eigenvalue weighted by molar-refractivity contribution is 5.73. The molecule has 0 aromatic heterocycles. The molecule has 5 N–H and O–H groups in total. The summed E-state index contributed by atoms with van der Waals surface area (Å²) in [6.07, 6.45) is 0.805. The quantitative estimate of drug-likeness (QED) is 0.480. The molecule has 2 unspecified atom stereocenters. The predicted molar refractivity (Wildman–Crippen MR) is 103 cm³/mol. The number of benzene rings is 2. The van der Waals surface area contributed by atoms with E-state index in [0.717, 1.165) is 11.1 Å². The molecular formula is C20H26N2O5. The fourth-order valence-electron chi connectivity index (χ4n) is 2.96. The van der Waals surface area contributed by atoms with Crippen LogP contribution in [0.25, 0.3) is 0 Å². The topological polar surface area (TPSA) is 117 Å². The lowest BCUT2D eigenvalue weighted by Crippen LogP contribution is -2.24. The second-order valence-electron chi connectivity index (χ2n) is 6.27. The Morgan fingerprint density at radius 1 is 1.07 bits per heavy atom. The number of methoxy groups -OCH3 is 3. The first-order chi connectivity index (χ1) is 12.9. The molecule has 27 heavy (non-hydrogen) atoms. The fourth-order valence-corrected chi connectivity index (χ4v) is 2.96. The van der Waals surface area contributed by atoms with Crippen LogP contribution in [-0.4, -0.2) is 32.4 Å². The van der Waals surface area contributed by atoms with Gasteiger partial charge in [-0.15, -0.1) is 0 Å². The van der Waals surface area contributed by atoms with E-state index in [4.69, 9.17) is 25.7 Å². The number of aromatic hydroxyl groups is 1. The van der Waals surface area contributed by atoms with E-state index < -0.39 is 12.0 Å². The molecule has 0 aliphatic rings. The van der Waals surface area contributed by atoms with Gasteiger partial charge in [-0.3, -0.25) is 4.79 Å². The molecule has 7 heteroatoms. The first-order valence-corrected chi connectivity index (χ1v) is 8.52. The van der Waals surface area contributed by atoms with Crippen molar-refractivity contribution in [2.45, 2.75) is 18.9 Å². The Morgan fingerprint density at radius 2 is 1.78 bits per heavy atom. The van der Waals surface area contributed by atoms with Crippen LogP contribution < -0.4 is 20.9 Å². The van der Waals surface area contributed by atoms with Gasteiger partial charge in [0.1, 0.15) is 5.75 Å². The monoisotopic (exact) mass is 374 g/mol. The summed E-state index contributed by atoms with van der Waals surface area (Å²) in [5.74, 6) is 0.140. The number of carbonyl (C=O) groups excluding carboxylic acids is 1. The molecule has 0 amide bonds. The molecule has 2 aromatic carbocycles. The molecule has 0 spiro atoms. The van der Waals surface area contributed by atoms with Gasteiger partial charge in [0.2, 0.25) is 0 Å². The van der Waals surface area contributed by atoms with Crippen molar-refractivity contribution in [2.75, 3.05) is 27.1 Å². The minimum absolute atomic E-state index is 0.0342.